The van der Waals surface area contributed by atoms with Gasteiger partial charge in [-0.3, -0.25) is 0 Å². The zero-order chi connectivity index (χ0) is 11.3. The number of hydrogen-bond acceptors (Lipinski definition) is 1. The minimum Gasteiger partial charge on any atom is -0.381 e. The molecule has 0 aromatic heterocycles. The van der Waals surface area contributed by atoms with Crippen molar-refractivity contribution in [3.63, 3.8) is 0 Å². The Morgan fingerprint density at radius 3 is 2.73 bits per heavy atom. The molecule has 1 nitrogen and oxygen atoms in total. The van der Waals surface area contributed by atoms with Gasteiger partial charge in [-0.1, -0.05) is 11.6 Å². The molecule has 1 N–H and O–H groups in total. The Kier molecular flexibility index (Phi) is 4.38. The Morgan fingerprint density at radius 2 is 2.13 bits per heavy atom. The lowest BCUT2D eigenvalue weighted by Gasteiger charge is -2.07. The lowest BCUT2D eigenvalue weighted by Crippen LogP contribution is -2.03. The van der Waals surface area contributed by atoms with Crippen molar-refractivity contribution in [1.82, 2.24) is 0 Å². The molecule has 1 aromatic rings. The van der Waals surface area contributed by atoms with Gasteiger partial charge in [-0.15, -0.1) is 11.8 Å². The van der Waals surface area contributed by atoms with Crippen LogP contribution in [0.15, 0.2) is 12.1 Å². The molecule has 15 heavy (non-hydrogen) atoms. The highest BCUT2D eigenvalue weighted by molar-refractivity contribution is 6.33. The molecule has 0 saturated carbocycles. The highest BCUT2D eigenvalue weighted by Gasteiger charge is 2.08. The number of rotatable bonds is 3. The highest BCUT2D eigenvalue weighted by Crippen LogP contribution is 2.26. The number of nitrogens with one attached hydrogen (secondary N) is 1. The molecule has 1 aromatic carbocycles. The summed E-state index contributed by atoms with van der Waals surface area (Å²) in [5, 5.41) is 2.81. The van der Waals surface area contributed by atoms with Gasteiger partial charge in [0.1, 0.15) is 5.82 Å². The van der Waals surface area contributed by atoms with E-state index in [2.05, 4.69) is 17.2 Å². The van der Waals surface area contributed by atoms with Gasteiger partial charge >= 0.3 is 0 Å². The molecule has 0 saturated heterocycles. The van der Waals surface area contributed by atoms with Gasteiger partial charge in [0.05, 0.1) is 10.7 Å². The minimum atomic E-state index is -0.690. The van der Waals surface area contributed by atoms with Crippen LogP contribution in [0.3, 0.4) is 0 Å². The van der Waals surface area contributed by atoms with Crippen molar-refractivity contribution in [2.45, 2.75) is 13.3 Å². The lowest BCUT2D eigenvalue weighted by molar-refractivity contribution is 0.585. The average molecular weight is 230 g/mol. The quantitative estimate of drug-likeness (QED) is 0.619. The molecule has 0 aliphatic heterocycles. The predicted octanol–water partition coefficient (Wildman–Crippen LogP) is 3.44. The molecule has 0 atom stereocenters. The van der Waals surface area contributed by atoms with Gasteiger partial charge in [0.15, 0.2) is 5.82 Å². The number of benzene rings is 1. The van der Waals surface area contributed by atoms with E-state index in [0.717, 1.165) is 12.1 Å². The van der Waals surface area contributed by atoms with Crippen LogP contribution < -0.4 is 5.32 Å². The van der Waals surface area contributed by atoms with E-state index in [0.29, 0.717) is 13.0 Å². The van der Waals surface area contributed by atoms with E-state index >= 15 is 0 Å². The molecule has 0 bridgehead atoms. The summed E-state index contributed by atoms with van der Waals surface area (Å²) in [5.74, 6) is 4.16. The van der Waals surface area contributed by atoms with Crippen LogP contribution >= 0.6 is 11.6 Å². The Hall–Kier alpha value is -1.27. The van der Waals surface area contributed by atoms with E-state index in [-0.39, 0.29) is 10.7 Å². The van der Waals surface area contributed by atoms with Gasteiger partial charge in [-0.2, -0.15) is 0 Å². The van der Waals surface area contributed by atoms with E-state index in [1.54, 1.807) is 6.92 Å². The Morgan fingerprint density at radius 1 is 1.40 bits per heavy atom. The van der Waals surface area contributed by atoms with Gasteiger partial charge < -0.3 is 5.32 Å². The van der Waals surface area contributed by atoms with E-state index in [4.69, 9.17) is 11.6 Å². The van der Waals surface area contributed by atoms with E-state index in [1.165, 1.54) is 0 Å². The standard InChI is InChI=1S/C11H10ClF2N/c1-2-3-4-5-15-11-9(12)6-8(13)7-10(11)14/h6-7,15H,4-5H2,1H3. The van der Waals surface area contributed by atoms with Gasteiger partial charge in [-0.25, -0.2) is 8.78 Å². The van der Waals surface area contributed by atoms with E-state index in [1.807, 2.05) is 0 Å². The number of hydrogen-bond donors (Lipinski definition) is 1. The van der Waals surface area contributed by atoms with Crippen LogP contribution in [0, 0.1) is 23.5 Å². The first-order valence-electron chi connectivity index (χ1n) is 4.43. The van der Waals surface area contributed by atoms with Gasteiger partial charge in [0, 0.05) is 19.0 Å². The molecule has 0 spiro atoms. The molecule has 80 valence electrons. The molecule has 1 rings (SSSR count). The maximum Gasteiger partial charge on any atom is 0.150 e. The summed E-state index contributed by atoms with van der Waals surface area (Å²) >= 11 is 5.67. The van der Waals surface area contributed by atoms with E-state index < -0.39 is 11.6 Å². The molecular weight excluding hydrogens is 220 g/mol. The number of halogens is 3. The van der Waals surface area contributed by atoms with Gasteiger partial charge in [0.2, 0.25) is 0 Å². The molecule has 0 radical (unpaired) electrons. The van der Waals surface area contributed by atoms with Crippen molar-refractivity contribution in [3.8, 4) is 11.8 Å². The smallest absolute Gasteiger partial charge is 0.150 e. The molecule has 0 aliphatic rings. The zero-order valence-corrected chi connectivity index (χ0v) is 8.96. The van der Waals surface area contributed by atoms with Crippen molar-refractivity contribution in [2.24, 2.45) is 0 Å². The summed E-state index contributed by atoms with van der Waals surface area (Å²) in [5.41, 5.74) is 0.121. The molecule has 0 unspecified atom stereocenters. The minimum absolute atomic E-state index is 0.0388. The van der Waals surface area contributed by atoms with Gasteiger partial charge in [0.25, 0.3) is 0 Å². The van der Waals surface area contributed by atoms with Crippen molar-refractivity contribution in [1.29, 1.82) is 0 Å². The largest absolute Gasteiger partial charge is 0.381 e. The molecule has 4 heteroatoms. The van der Waals surface area contributed by atoms with Gasteiger partial charge in [-0.05, 0) is 13.0 Å². The zero-order valence-electron chi connectivity index (χ0n) is 8.20. The molecular formula is C11H10ClF2N. The fraction of sp³-hybridized carbons (Fsp3) is 0.273. The third-order valence-corrected chi connectivity index (χ3v) is 2.03. The second-order valence-corrected chi connectivity index (χ2v) is 3.26. The Labute approximate surface area is 92.4 Å². The third-order valence-electron chi connectivity index (χ3n) is 1.74. The topological polar surface area (TPSA) is 12.0 Å². The van der Waals surface area contributed by atoms with Crippen LogP contribution in [0.1, 0.15) is 13.3 Å². The summed E-state index contributed by atoms with van der Waals surface area (Å²) in [6, 6.07) is 1.86. The fourth-order valence-corrected chi connectivity index (χ4v) is 1.35. The van der Waals surface area contributed by atoms with Crippen molar-refractivity contribution < 1.29 is 8.78 Å². The SMILES string of the molecule is CC#CCCNc1c(F)cc(F)cc1Cl. The molecule has 0 aliphatic carbocycles. The first kappa shape index (κ1) is 11.8. The maximum atomic E-state index is 13.2. The van der Waals surface area contributed by atoms with Crippen LogP contribution in [0.2, 0.25) is 5.02 Å². The lowest BCUT2D eigenvalue weighted by atomic mass is 10.3. The summed E-state index contributed by atoms with van der Waals surface area (Å²) in [6.45, 7) is 2.20. The predicted molar refractivity (Wildman–Crippen MR) is 57.9 cm³/mol. The van der Waals surface area contributed by atoms with Crippen molar-refractivity contribution in [3.05, 3.63) is 28.8 Å². The first-order valence-corrected chi connectivity index (χ1v) is 4.81. The highest BCUT2D eigenvalue weighted by atomic mass is 35.5. The van der Waals surface area contributed by atoms with E-state index in [9.17, 15) is 8.78 Å². The van der Waals surface area contributed by atoms with Crippen molar-refractivity contribution in [2.75, 3.05) is 11.9 Å². The number of anilines is 1. The van der Waals surface area contributed by atoms with Crippen LogP contribution in [0.25, 0.3) is 0 Å². The second kappa shape index (κ2) is 5.57. The summed E-state index contributed by atoms with van der Waals surface area (Å²) in [7, 11) is 0. The van der Waals surface area contributed by atoms with Crippen LogP contribution in [0.4, 0.5) is 14.5 Å². The molecule has 0 fully saturated rings. The van der Waals surface area contributed by atoms with Crippen LogP contribution in [0.5, 0.6) is 0 Å². The second-order valence-electron chi connectivity index (χ2n) is 2.85. The molecule has 0 amide bonds. The monoisotopic (exact) mass is 229 g/mol. The Balaban J connectivity index is 2.71. The maximum absolute atomic E-state index is 13.2. The summed E-state index contributed by atoms with van der Waals surface area (Å²) in [4.78, 5) is 0. The first-order chi connectivity index (χ1) is 7.15. The van der Waals surface area contributed by atoms with Crippen LogP contribution in [-0.4, -0.2) is 6.54 Å². The molecule has 0 heterocycles. The van der Waals surface area contributed by atoms with Crippen molar-refractivity contribution >= 4 is 17.3 Å². The van der Waals surface area contributed by atoms with Crippen LogP contribution in [-0.2, 0) is 0 Å². The normalized spacial score (nSPS) is 9.33. The average Bonchev–Trinajstić information content (AvgIpc) is 2.15. The third kappa shape index (κ3) is 3.41. The Bertz CT molecular complexity index is 384. The summed E-state index contributed by atoms with van der Waals surface area (Å²) in [6.07, 6.45) is 0.587. The fourth-order valence-electron chi connectivity index (χ4n) is 1.09. The summed E-state index contributed by atoms with van der Waals surface area (Å²) < 4.78 is 25.9.